The van der Waals surface area contributed by atoms with Gasteiger partial charge >= 0.3 is 5.97 Å². The number of esters is 1. The van der Waals surface area contributed by atoms with Gasteiger partial charge in [0.25, 0.3) is 0 Å². The zero-order valence-electron chi connectivity index (χ0n) is 10.8. The van der Waals surface area contributed by atoms with Gasteiger partial charge in [-0.25, -0.2) is 4.79 Å². The number of cyclic esters (lactones) is 1. The van der Waals surface area contributed by atoms with Gasteiger partial charge in [0.05, 0.1) is 18.8 Å². The number of morpholine rings is 1. The van der Waals surface area contributed by atoms with Gasteiger partial charge in [-0.2, -0.15) is 0 Å². The first-order valence-electron chi connectivity index (χ1n) is 6.66. The largest absolute Gasteiger partial charge is 0.423 e. The third kappa shape index (κ3) is 2.69. The fourth-order valence-corrected chi connectivity index (χ4v) is 2.44. The molecule has 0 N–H and O–H groups in total. The summed E-state index contributed by atoms with van der Waals surface area (Å²) >= 11 is 0. The van der Waals surface area contributed by atoms with E-state index in [0.717, 1.165) is 44.8 Å². The minimum Gasteiger partial charge on any atom is -0.423 e. The van der Waals surface area contributed by atoms with E-state index in [1.54, 1.807) is 6.07 Å². The Morgan fingerprint density at radius 1 is 1.16 bits per heavy atom. The standard InChI is InChI=1S/C15H17NO3/c17-15-13-5-2-1-4-12(13)14(19-15)6-3-7-16-8-10-18-11-9-16/h1-2,4-6H,3,7-11H2. The summed E-state index contributed by atoms with van der Waals surface area (Å²) in [5, 5.41) is 0. The molecule has 2 aliphatic rings. The summed E-state index contributed by atoms with van der Waals surface area (Å²) in [6.45, 7) is 4.58. The third-order valence-corrected chi connectivity index (χ3v) is 3.49. The van der Waals surface area contributed by atoms with Crippen molar-refractivity contribution in [2.75, 3.05) is 32.8 Å². The zero-order chi connectivity index (χ0) is 13.1. The van der Waals surface area contributed by atoms with Crippen molar-refractivity contribution in [1.29, 1.82) is 0 Å². The van der Waals surface area contributed by atoms with Crippen LogP contribution in [0.3, 0.4) is 0 Å². The number of ether oxygens (including phenoxy) is 2. The van der Waals surface area contributed by atoms with Crippen LogP contribution in [-0.2, 0) is 9.47 Å². The topological polar surface area (TPSA) is 38.8 Å². The van der Waals surface area contributed by atoms with Gasteiger partial charge in [0, 0.05) is 25.2 Å². The lowest BCUT2D eigenvalue weighted by Gasteiger charge is -2.25. The van der Waals surface area contributed by atoms with Crippen molar-refractivity contribution in [3.63, 3.8) is 0 Å². The fraction of sp³-hybridized carbons (Fsp3) is 0.400. The summed E-state index contributed by atoms with van der Waals surface area (Å²) in [5.41, 5.74) is 1.58. The lowest BCUT2D eigenvalue weighted by Crippen LogP contribution is -2.36. The number of carbonyl (C=O) groups excluding carboxylic acids is 1. The Morgan fingerprint density at radius 2 is 1.89 bits per heavy atom. The average molecular weight is 259 g/mol. The second-order valence-corrected chi connectivity index (χ2v) is 4.75. The van der Waals surface area contributed by atoms with Crippen LogP contribution >= 0.6 is 0 Å². The molecule has 0 spiro atoms. The van der Waals surface area contributed by atoms with Gasteiger partial charge in [-0.1, -0.05) is 18.2 Å². The number of hydrogen-bond acceptors (Lipinski definition) is 4. The molecule has 1 fully saturated rings. The van der Waals surface area contributed by atoms with Gasteiger partial charge in [-0.05, 0) is 18.6 Å². The number of fused-ring (bicyclic) bond motifs is 1. The first-order valence-corrected chi connectivity index (χ1v) is 6.66. The molecule has 0 saturated carbocycles. The molecular weight excluding hydrogens is 242 g/mol. The van der Waals surface area contributed by atoms with Crippen molar-refractivity contribution in [2.45, 2.75) is 6.42 Å². The van der Waals surface area contributed by atoms with E-state index < -0.39 is 0 Å². The molecule has 0 atom stereocenters. The molecule has 0 bridgehead atoms. The smallest absolute Gasteiger partial charge is 0.344 e. The number of nitrogens with zero attached hydrogens (tertiary/aromatic N) is 1. The first-order chi connectivity index (χ1) is 9.34. The summed E-state index contributed by atoms with van der Waals surface area (Å²) < 4.78 is 10.6. The second kappa shape index (κ2) is 5.55. The van der Waals surface area contributed by atoms with Crippen molar-refractivity contribution in [3.8, 4) is 0 Å². The zero-order valence-corrected chi connectivity index (χ0v) is 10.8. The Hall–Kier alpha value is -1.65. The third-order valence-electron chi connectivity index (χ3n) is 3.49. The van der Waals surface area contributed by atoms with Gasteiger partial charge < -0.3 is 9.47 Å². The lowest BCUT2D eigenvalue weighted by atomic mass is 10.1. The monoisotopic (exact) mass is 259 g/mol. The van der Waals surface area contributed by atoms with Crippen LogP contribution < -0.4 is 0 Å². The van der Waals surface area contributed by atoms with Crippen LogP contribution in [0.1, 0.15) is 22.3 Å². The molecule has 2 aliphatic heterocycles. The molecule has 4 heteroatoms. The minimum absolute atomic E-state index is 0.242. The van der Waals surface area contributed by atoms with E-state index in [1.807, 2.05) is 24.3 Å². The van der Waals surface area contributed by atoms with E-state index in [2.05, 4.69) is 4.90 Å². The van der Waals surface area contributed by atoms with Gasteiger partial charge in [0.1, 0.15) is 5.76 Å². The molecule has 0 unspecified atom stereocenters. The van der Waals surface area contributed by atoms with Gasteiger partial charge in [-0.3, -0.25) is 4.90 Å². The van der Waals surface area contributed by atoms with E-state index >= 15 is 0 Å². The Balaban J connectivity index is 1.63. The van der Waals surface area contributed by atoms with Crippen LogP contribution in [-0.4, -0.2) is 43.7 Å². The predicted octanol–water partition coefficient (Wildman–Crippen LogP) is 1.92. The van der Waals surface area contributed by atoms with Crippen LogP contribution in [0.5, 0.6) is 0 Å². The highest BCUT2D eigenvalue weighted by Crippen LogP contribution is 2.29. The van der Waals surface area contributed by atoms with E-state index in [-0.39, 0.29) is 5.97 Å². The van der Waals surface area contributed by atoms with Crippen LogP contribution in [0.25, 0.3) is 5.76 Å². The average Bonchev–Trinajstić information content (AvgIpc) is 2.78. The Kier molecular flexibility index (Phi) is 3.62. The van der Waals surface area contributed by atoms with Crippen molar-refractivity contribution < 1.29 is 14.3 Å². The molecule has 1 saturated heterocycles. The summed E-state index contributed by atoms with van der Waals surface area (Å²) in [7, 11) is 0. The summed E-state index contributed by atoms with van der Waals surface area (Å²) in [4.78, 5) is 14.0. The normalized spacial score (nSPS) is 21.5. The van der Waals surface area contributed by atoms with Crippen LogP contribution in [0.4, 0.5) is 0 Å². The Morgan fingerprint density at radius 3 is 2.68 bits per heavy atom. The molecule has 19 heavy (non-hydrogen) atoms. The molecular formula is C15H17NO3. The van der Waals surface area contributed by atoms with Gasteiger partial charge in [-0.15, -0.1) is 0 Å². The van der Waals surface area contributed by atoms with Gasteiger partial charge in [0.2, 0.25) is 0 Å². The lowest BCUT2D eigenvalue weighted by molar-refractivity contribution is 0.0387. The van der Waals surface area contributed by atoms with Crippen LogP contribution in [0.15, 0.2) is 30.3 Å². The molecule has 0 amide bonds. The molecule has 1 aromatic carbocycles. The summed E-state index contributed by atoms with van der Waals surface area (Å²) in [5.74, 6) is 0.460. The highest BCUT2D eigenvalue weighted by atomic mass is 16.5. The van der Waals surface area contributed by atoms with Crippen LogP contribution in [0.2, 0.25) is 0 Å². The molecule has 100 valence electrons. The van der Waals surface area contributed by atoms with E-state index in [4.69, 9.17) is 9.47 Å². The SMILES string of the molecule is O=C1OC(=CCCN2CCOCC2)c2ccccc21. The van der Waals surface area contributed by atoms with Crippen molar-refractivity contribution >= 4 is 11.7 Å². The molecule has 0 aromatic heterocycles. The summed E-state index contributed by atoms with van der Waals surface area (Å²) in [6, 6.07) is 7.52. The van der Waals surface area contributed by atoms with Gasteiger partial charge in [0.15, 0.2) is 0 Å². The van der Waals surface area contributed by atoms with Crippen molar-refractivity contribution in [3.05, 3.63) is 41.5 Å². The van der Waals surface area contributed by atoms with Crippen molar-refractivity contribution in [2.24, 2.45) is 0 Å². The summed E-state index contributed by atoms with van der Waals surface area (Å²) in [6.07, 6.45) is 2.90. The number of carbonyl (C=O) groups is 1. The second-order valence-electron chi connectivity index (χ2n) is 4.75. The van der Waals surface area contributed by atoms with Crippen molar-refractivity contribution in [1.82, 2.24) is 4.90 Å². The van der Waals surface area contributed by atoms with Crippen LogP contribution in [0, 0.1) is 0 Å². The highest BCUT2D eigenvalue weighted by Gasteiger charge is 2.25. The Labute approximate surface area is 112 Å². The minimum atomic E-state index is -0.242. The Bertz CT molecular complexity index is 504. The molecule has 3 rings (SSSR count). The van der Waals surface area contributed by atoms with E-state index in [1.165, 1.54) is 0 Å². The molecule has 1 aromatic rings. The number of hydrogen-bond donors (Lipinski definition) is 0. The highest BCUT2D eigenvalue weighted by molar-refractivity contribution is 6.02. The number of rotatable bonds is 3. The quantitative estimate of drug-likeness (QED) is 0.777. The number of benzene rings is 1. The molecule has 0 radical (unpaired) electrons. The molecule has 0 aliphatic carbocycles. The maximum Gasteiger partial charge on any atom is 0.344 e. The fourth-order valence-electron chi connectivity index (χ4n) is 2.44. The maximum atomic E-state index is 11.7. The van der Waals surface area contributed by atoms with E-state index in [9.17, 15) is 4.79 Å². The molecule has 4 nitrogen and oxygen atoms in total. The predicted molar refractivity (Wildman–Crippen MR) is 71.7 cm³/mol. The molecule has 2 heterocycles. The maximum absolute atomic E-state index is 11.7. The first kappa shape index (κ1) is 12.4. The van der Waals surface area contributed by atoms with E-state index in [0.29, 0.717) is 11.3 Å².